The number of unbranched alkanes of at least 4 members (excludes halogenated alkanes) is 2. The molecule has 3 aliphatic rings. The number of aromatic nitrogens is 2. The third kappa shape index (κ3) is 6.97. The Hall–Kier alpha value is -2.65. The van der Waals surface area contributed by atoms with Gasteiger partial charge in [-0.05, 0) is 51.3 Å². The largest absolute Gasteiger partial charge is 0.466 e. The minimum atomic E-state index is -0.120. The maximum absolute atomic E-state index is 13.9. The van der Waals surface area contributed by atoms with E-state index in [1.165, 1.54) is 32.1 Å². The highest BCUT2D eigenvalue weighted by Crippen LogP contribution is 2.34. The Bertz CT molecular complexity index is 1220. The van der Waals surface area contributed by atoms with E-state index in [9.17, 15) is 14.4 Å². The zero-order valence-electron chi connectivity index (χ0n) is 23.7. The van der Waals surface area contributed by atoms with Gasteiger partial charge in [-0.15, -0.1) is 0 Å². The summed E-state index contributed by atoms with van der Waals surface area (Å²) >= 11 is 1.75. The van der Waals surface area contributed by atoms with Crippen LogP contribution in [-0.4, -0.2) is 69.3 Å². The van der Waals surface area contributed by atoms with E-state index in [1.54, 1.807) is 16.3 Å². The van der Waals surface area contributed by atoms with Gasteiger partial charge in [-0.25, -0.2) is 4.98 Å². The molecular weight excluding hydrogens is 524 g/mol. The fraction of sp³-hybridized carbons (Fsp3) is 0.613. The highest BCUT2D eigenvalue weighted by Gasteiger charge is 2.37. The first-order chi connectivity index (χ1) is 19.5. The molecule has 0 unspecified atom stereocenters. The van der Waals surface area contributed by atoms with Crippen molar-refractivity contribution in [3.63, 3.8) is 0 Å². The summed E-state index contributed by atoms with van der Waals surface area (Å²) in [5, 5.41) is 1.29. The number of para-hydroxylation sites is 1. The van der Waals surface area contributed by atoms with Crippen molar-refractivity contribution in [2.75, 3.05) is 32.8 Å². The Morgan fingerprint density at radius 1 is 1.05 bits per heavy atom. The molecule has 5 rings (SSSR count). The summed E-state index contributed by atoms with van der Waals surface area (Å²) in [6.45, 7) is 5.70. The third-order valence-corrected chi connectivity index (χ3v) is 9.61. The van der Waals surface area contributed by atoms with E-state index in [0.717, 1.165) is 55.4 Å². The van der Waals surface area contributed by atoms with E-state index in [0.29, 0.717) is 43.4 Å². The van der Waals surface area contributed by atoms with Crippen LogP contribution in [0.4, 0.5) is 0 Å². The predicted octanol–water partition coefficient (Wildman–Crippen LogP) is 4.60. The predicted molar refractivity (Wildman–Crippen MR) is 157 cm³/mol. The van der Waals surface area contributed by atoms with Crippen molar-refractivity contribution in [3.05, 3.63) is 51.9 Å². The van der Waals surface area contributed by atoms with Crippen LogP contribution in [0.2, 0.25) is 0 Å². The summed E-state index contributed by atoms with van der Waals surface area (Å²) in [6.07, 6.45) is 10.1. The highest BCUT2D eigenvalue weighted by atomic mass is 32.2. The van der Waals surface area contributed by atoms with Gasteiger partial charge >= 0.3 is 5.97 Å². The normalized spacial score (nSPS) is 18.3. The van der Waals surface area contributed by atoms with E-state index in [1.807, 2.05) is 42.2 Å². The summed E-state index contributed by atoms with van der Waals surface area (Å²) < 4.78 is 6.75. The summed E-state index contributed by atoms with van der Waals surface area (Å²) in [6, 6.07) is 9.79. The molecule has 1 saturated carbocycles. The molecule has 0 bridgehead atoms. The highest BCUT2D eigenvalue weighted by molar-refractivity contribution is 7.99. The molecule has 1 aromatic carbocycles. The molecule has 40 heavy (non-hydrogen) atoms. The quantitative estimate of drug-likeness (QED) is 0.223. The molecule has 0 radical (unpaired) electrons. The van der Waals surface area contributed by atoms with Crippen molar-refractivity contribution >= 4 is 23.6 Å². The fourth-order valence-electron chi connectivity index (χ4n) is 6.04. The molecular formula is C31H42N4O4S. The number of hydrogen-bond acceptors (Lipinski definition) is 7. The lowest BCUT2D eigenvalue weighted by atomic mass is 9.96. The number of ether oxygens (including phenoxy) is 1. The summed E-state index contributed by atoms with van der Waals surface area (Å²) in [5.74, 6) is 0.0205. The molecule has 1 amide bonds. The summed E-state index contributed by atoms with van der Waals surface area (Å²) in [5.41, 5.74) is 2.32. The molecule has 0 spiro atoms. The van der Waals surface area contributed by atoms with Crippen molar-refractivity contribution in [2.24, 2.45) is 5.92 Å². The number of thioether (sulfide) groups is 1. The number of carbonyl (C=O) groups excluding carboxylic acids is 2. The van der Waals surface area contributed by atoms with Crippen molar-refractivity contribution < 1.29 is 14.3 Å². The van der Waals surface area contributed by atoms with Gasteiger partial charge in [0.05, 0.1) is 36.0 Å². The van der Waals surface area contributed by atoms with Crippen LogP contribution in [0.25, 0.3) is 5.69 Å². The Morgan fingerprint density at radius 2 is 1.82 bits per heavy atom. The van der Waals surface area contributed by atoms with Crippen LogP contribution in [0.1, 0.15) is 76.0 Å². The number of nitrogens with zero attached hydrogens (tertiary/aromatic N) is 4. The Labute approximate surface area is 241 Å². The van der Waals surface area contributed by atoms with Crippen LogP contribution < -0.4 is 5.56 Å². The molecule has 216 valence electrons. The Kier molecular flexibility index (Phi) is 9.97. The second-order valence-corrected chi connectivity index (χ2v) is 12.5. The molecule has 1 saturated heterocycles. The van der Waals surface area contributed by atoms with Gasteiger partial charge in [-0.1, -0.05) is 55.6 Å². The molecule has 1 aliphatic carbocycles. The van der Waals surface area contributed by atoms with Crippen LogP contribution in [0.5, 0.6) is 0 Å². The molecule has 0 N–H and O–H groups in total. The monoisotopic (exact) mass is 566 g/mol. The number of carbonyl (C=O) groups is 2. The zero-order chi connectivity index (χ0) is 27.9. The van der Waals surface area contributed by atoms with Gasteiger partial charge in [0, 0.05) is 37.7 Å². The van der Waals surface area contributed by atoms with Crippen molar-refractivity contribution in [2.45, 2.75) is 88.1 Å². The smallest absolute Gasteiger partial charge is 0.305 e. The number of hydrogen-bond donors (Lipinski definition) is 0. The van der Waals surface area contributed by atoms with Crippen LogP contribution in [0.15, 0.2) is 40.3 Å². The minimum absolute atomic E-state index is 0.00785. The van der Waals surface area contributed by atoms with Crippen LogP contribution >= 0.6 is 11.8 Å². The molecule has 9 heteroatoms. The van der Waals surface area contributed by atoms with Gasteiger partial charge < -0.3 is 14.5 Å². The van der Waals surface area contributed by atoms with E-state index < -0.39 is 0 Å². The lowest BCUT2D eigenvalue weighted by Crippen LogP contribution is -2.55. The first-order valence-electron chi connectivity index (χ1n) is 15.1. The molecule has 2 aromatic rings. The number of benzene rings is 1. The van der Waals surface area contributed by atoms with Gasteiger partial charge in [0.2, 0.25) is 5.91 Å². The SMILES string of the molecule is CCOC(=O)CCCCCN1CC(C(=O)N2CCc3nc(SC4CCCCC4)n(-c4ccccc4)c(=O)c3C2)C1. The molecule has 3 heterocycles. The number of esters is 1. The number of fused-ring (bicyclic) bond motifs is 1. The molecule has 0 atom stereocenters. The van der Waals surface area contributed by atoms with Gasteiger partial charge in [0.25, 0.3) is 5.56 Å². The Balaban J connectivity index is 1.20. The maximum atomic E-state index is 13.9. The first kappa shape index (κ1) is 28.9. The fourth-order valence-corrected chi connectivity index (χ4v) is 7.36. The van der Waals surface area contributed by atoms with Crippen LogP contribution in [-0.2, 0) is 27.3 Å². The van der Waals surface area contributed by atoms with Gasteiger partial charge in [-0.2, -0.15) is 0 Å². The van der Waals surface area contributed by atoms with Crippen molar-refractivity contribution in [3.8, 4) is 5.69 Å². The van der Waals surface area contributed by atoms with E-state index in [4.69, 9.17) is 9.72 Å². The lowest BCUT2D eigenvalue weighted by Gasteiger charge is -2.41. The van der Waals surface area contributed by atoms with Crippen molar-refractivity contribution in [1.29, 1.82) is 0 Å². The summed E-state index contributed by atoms with van der Waals surface area (Å²) in [7, 11) is 0. The molecule has 8 nitrogen and oxygen atoms in total. The average molecular weight is 567 g/mol. The van der Waals surface area contributed by atoms with Gasteiger partial charge in [0.15, 0.2) is 5.16 Å². The Morgan fingerprint density at radius 3 is 2.58 bits per heavy atom. The van der Waals surface area contributed by atoms with Crippen LogP contribution in [0.3, 0.4) is 0 Å². The van der Waals surface area contributed by atoms with E-state index >= 15 is 0 Å². The van der Waals surface area contributed by atoms with E-state index in [2.05, 4.69) is 4.90 Å². The number of amides is 1. The molecule has 2 fully saturated rings. The second kappa shape index (κ2) is 13.8. The van der Waals surface area contributed by atoms with Gasteiger partial charge in [0.1, 0.15) is 0 Å². The number of rotatable bonds is 11. The van der Waals surface area contributed by atoms with Crippen LogP contribution in [0, 0.1) is 5.92 Å². The maximum Gasteiger partial charge on any atom is 0.305 e. The van der Waals surface area contributed by atoms with Gasteiger partial charge in [-0.3, -0.25) is 19.0 Å². The first-order valence-corrected chi connectivity index (χ1v) is 15.9. The minimum Gasteiger partial charge on any atom is -0.466 e. The standard InChI is InChI=1S/C31H42N4O4S/c1-2-39-28(36)16-10-5-11-18-33-20-23(21-33)29(37)34-19-17-27-26(22-34)30(38)35(24-12-6-3-7-13-24)31(32-27)40-25-14-8-4-9-15-25/h3,6-7,12-13,23,25H,2,4-5,8-11,14-22H2,1H3. The molecule has 2 aliphatic heterocycles. The summed E-state index contributed by atoms with van der Waals surface area (Å²) in [4.78, 5) is 48.0. The second-order valence-electron chi connectivity index (χ2n) is 11.3. The lowest BCUT2D eigenvalue weighted by molar-refractivity contribution is -0.143. The van der Waals surface area contributed by atoms with E-state index in [-0.39, 0.29) is 23.4 Å². The zero-order valence-corrected chi connectivity index (χ0v) is 24.5. The molecule has 1 aromatic heterocycles. The average Bonchev–Trinajstić information content (AvgIpc) is 2.95. The van der Waals surface area contributed by atoms with Crippen molar-refractivity contribution in [1.82, 2.24) is 19.4 Å². The third-order valence-electron chi connectivity index (χ3n) is 8.32. The number of likely N-dealkylation sites (tertiary alicyclic amines) is 1. The topological polar surface area (TPSA) is 84.7 Å².